The van der Waals surface area contributed by atoms with Crippen LogP contribution in [0.4, 0.5) is 0 Å². The van der Waals surface area contributed by atoms with Crippen LogP contribution in [0.2, 0.25) is 0 Å². The van der Waals surface area contributed by atoms with Crippen molar-refractivity contribution in [1.29, 1.82) is 0 Å². The molecule has 38 heavy (non-hydrogen) atoms. The van der Waals surface area contributed by atoms with Crippen LogP contribution in [0.15, 0.2) is 60.7 Å². The maximum absolute atomic E-state index is 5.78. The lowest BCUT2D eigenvalue weighted by Gasteiger charge is -2.05. The van der Waals surface area contributed by atoms with E-state index in [1.54, 1.807) is 0 Å². The molecular formula is C36H62MgO. The van der Waals surface area contributed by atoms with Gasteiger partial charge in [-0.2, -0.15) is 0 Å². The van der Waals surface area contributed by atoms with Crippen molar-refractivity contribution in [3.05, 3.63) is 60.7 Å². The standard InChI is InChI=1S/C24H50O.C12H10.Mg.2H/c1-3-5-7-9-11-13-15-17-19-21-23-25-24-22-20-18-16-14-12-10-8-6-4-2;1-3-7-11(8-4-1)12-9-5-2-6-10-12;;;/h3-24H2,1-2H3;1-10H;;;. The SMILES string of the molecule is CCCCCCCCCCCCOCCCCCCCCCCCC.[MgH2].c1ccc(-c2ccccc2)cc1. The van der Waals surface area contributed by atoms with Crippen molar-refractivity contribution in [1.82, 2.24) is 0 Å². The van der Waals surface area contributed by atoms with Gasteiger partial charge in [-0.1, -0.05) is 190 Å². The normalized spacial score (nSPS) is 10.5. The Hall–Kier alpha value is -0.834. The van der Waals surface area contributed by atoms with Crippen LogP contribution in [0.5, 0.6) is 0 Å². The summed E-state index contributed by atoms with van der Waals surface area (Å²) in [5, 5.41) is 0. The molecule has 0 spiro atoms. The van der Waals surface area contributed by atoms with Crippen molar-refractivity contribution in [2.45, 2.75) is 142 Å². The smallest absolute Gasteiger partial charge is 0.316 e. The summed E-state index contributed by atoms with van der Waals surface area (Å²) in [6.45, 7) is 6.57. The summed E-state index contributed by atoms with van der Waals surface area (Å²) in [6.07, 6.45) is 28.2. The molecule has 0 saturated heterocycles. The maximum Gasteiger partial charge on any atom is 0.316 e. The van der Waals surface area contributed by atoms with Gasteiger partial charge >= 0.3 is 23.1 Å². The molecule has 0 bridgehead atoms. The van der Waals surface area contributed by atoms with Crippen LogP contribution in [0.3, 0.4) is 0 Å². The van der Waals surface area contributed by atoms with Gasteiger partial charge < -0.3 is 4.74 Å². The number of unbranched alkanes of at least 4 members (excludes halogenated alkanes) is 18. The first-order chi connectivity index (χ1) is 18.4. The summed E-state index contributed by atoms with van der Waals surface area (Å²) in [6, 6.07) is 20.8. The molecule has 1 nitrogen and oxygen atoms in total. The first kappa shape index (κ1) is 37.2. The van der Waals surface area contributed by atoms with Gasteiger partial charge in [0.25, 0.3) is 0 Å². The molecule has 0 amide bonds. The van der Waals surface area contributed by atoms with Gasteiger partial charge in [0.2, 0.25) is 0 Å². The highest BCUT2D eigenvalue weighted by atomic mass is 24.3. The molecule has 2 aromatic rings. The Kier molecular flexibility index (Phi) is 30.0. The van der Waals surface area contributed by atoms with E-state index in [0.717, 1.165) is 13.2 Å². The zero-order chi connectivity index (χ0) is 26.5. The summed E-state index contributed by atoms with van der Waals surface area (Å²) in [5.74, 6) is 0. The summed E-state index contributed by atoms with van der Waals surface area (Å²) in [7, 11) is 0. The lowest BCUT2D eigenvalue weighted by Crippen LogP contribution is -1.97. The average Bonchev–Trinajstić information content (AvgIpc) is 2.95. The van der Waals surface area contributed by atoms with Crippen molar-refractivity contribution < 1.29 is 4.74 Å². The fourth-order valence-electron chi connectivity index (χ4n) is 4.75. The van der Waals surface area contributed by atoms with Gasteiger partial charge in [-0.15, -0.1) is 0 Å². The van der Waals surface area contributed by atoms with E-state index in [1.807, 2.05) is 12.1 Å². The van der Waals surface area contributed by atoms with Crippen LogP contribution in [0, 0.1) is 0 Å². The number of hydrogen-bond donors (Lipinski definition) is 0. The molecular weight excluding hydrogens is 473 g/mol. The topological polar surface area (TPSA) is 9.23 Å². The summed E-state index contributed by atoms with van der Waals surface area (Å²) in [5.41, 5.74) is 2.55. The monoisotopic (exact) mass is 534 g/mol. The molecule has 0 aliphatic heterocycles. The van der Waals surface area contributed by atoms with Gasteiger partial charge in [-0.3, -0.25) is 0 Å². The van der Waals surface area contributed by atoms with Crippen LogP contribution >= 0.6 is 0 Å². The van der Waals surface area contributed by atoms with Crippen molar-refractivity contribution in [3.8, 4) is 11.1 Å². The molecule has 214 valence electrons. The first-order valence-corrected chi connectivity index (χ1v) is 16.1. The van der Waals surface area contributed by atoms with Crippen LogP contribution in [0.1, 0.15) is 142 Å². The largest absolute Gasteiger partial charge is 0.381 e. The van der Waals surface area contributed by atoms with E-state index in [9.17, 15) is 0 Å². The Morgan fingerprint density at radius 2 is 0.632 bits per heavy atom. The Morgan fingerprint density at radius 3 is 0.921 bits per heavy atom. The molecule has 0 N–H and O–H groups in total. The highest BCUT2D eigenvalue weighted by molar-refractivity contribution is 5.75. The second-order valence-corrected chi connectivity index (χ2v) is 10.7. The van der Waals surface area contributed by atoms with Gasteiger partial charge in [0, 0.05) is 13.2 Å². The lowest BCUT2D eigenvalue weighted by atomic mass is 10.1. The number of rotatable bonds is 23. The zero-order valence-electron chi connectivity index (χ0n) is 24.7. The van der Waals surface area contributed by atoms with E-state index in [2.05, 4.69) is 62.4 Å². The van der Waals surface area contributed by atoms with Gasteiger partial charge in [0.1, 0.15) is 0 Å². The predicted octanol–water partition coefficient (Wildman–Crippen LogP) is 11.3. The van der Waals surface area contributed by atoms with E-state index in [0.29, 0.717) is 0 Å². The third-order valence-electron chi connectivity index (χ3n) is 7.17. The van der Waals surface area contributed by atoms with Crippen LogP contribution in [-0.2, 0) is 4.74 Å². The van der Waals surface area contributed by atoms with E-state index in [4.69, 9.17) is 4.74 Å². The number of hydrogen-bond acceptors (Lipinski definition) is 1. The third-order valence-corrected chi connectivity index (χ3v) is 7.17. The van der Waals surface area contributed by atoms with Crippen molar-refractivity contribution >= 4 is 23.1 Å². The highest BCUT2D eigenvalue weighted by Crippen LogP contribution is 2.17. The Morgan fingerprint density at radius 1 is 0.368 bits per heavy atom. The van der Waals surface area contributed by atoms with Crippen LogP contribution in [-0.4, -0.2) is 36.3 Å². The molecule has 0 atom stereocenters. The minimum Gasteiger partial charge on any atom is -0.381 e. The fraction of sp³-hybridized carbons (Fsp3) is 0.667. The highest BCUT2D eigenvalue weighted by Gasteiger charge is 1.95. The molecule has 0 aromatic heterocycles. The van der Waals surface area contributed by atoms with Gasteiger partial charge in [0.15, 0.2) is 0 Å². The maximum atomic E-state index is 5.78. The average molecular weight is 535 g/mol. The van der Waals surface area contributed by atoms with Crippen molar-refractivity contribution in [3.63, 3.8) is 0 Å². The molecule has 0 aliphatic carbocycles. The van der Waals surface area contributed by atoms with Gasteiger partial charge in [0.05, 0.1) is 0 Å². The van der Waals surface area contributed by atoms with Gasteiger partial charge in [-0.05, 0) is 24.0 Å². The molecule has 0 fully saturated rings. The number of ether oxygens (including phenoxy) is 1. The molecule has 0 unspecified atom stereocenters. The van der Waals surface area contributed by atoms with E-state index in [1.165, 1.54) is 140 Å². The molecule has 0 aliphatic rings. The van der Waals surface area contributed by atoms with E-state index < -0.39 is 0 Å². The quantitative estimate of drug-likeness (QED) is 0.102. The van der Waals surface area contributed by atoms with Gasteiger partial charge in [-0.25, -0.2) is 0 Å². The minimum absolute atomic E-state index is 0. The Labute approximate surface area is 254 Å². The second kappa shape index (κ2) is 30.7. The van der Waals surface area contributed by atoms with Crippen molar-refractivity contribution in [2.24, 2.45) is 0 Å². The second-order valence-electron chi connectivity index (χ2n) is 10.7. The fourth-order valence-corrected chi connectivity index (χ4v) is 4.75. The first-order valence-electron chi connectivity index (χ1n) is 16.1. The summed E-state index contributed by atoms with van der Waals surface area (Å²) < 4.78 is 5.78. The third kappa shape index (κ3) is 24.2. The molecule has 2 heteroatoms. The summed E-state index contributed by atoms with van der Waals surface area (Å²) in [4.78, 5) is 0. The van der Waals surface area contributed by atoms with Crippen molar-refractivity contribution in [2.75, 3.05) is 13.2 Å². The van der Waals surface area contributed by atoms with Crippen LogP contribution in [0.25, 0.3) is 11.1 Å². The Balaban J connectivity index is 0.000000868. The molecule has 0 heterocycles. The number of benzene rings is 2. The summed E-state index contributed by atoms with van der Waals surface area (Å²) >= 11 is 0. The van der Waals surface area contributed by atoms with Crippen LogP contribution < -0.4 is 0 Å². The van der Waals surface area contributed by atoms with E-state index >= 15 is 0 Å². The zero-order valence-corrected chi connectivity index (χ0v) is 24.7. The minimum atomic E-state index is 0. The lowest BCUT2D eigenvalue weighted by molar-refractivity contribution is 0.125. The predicted molar refractivity (Wildman–Crippen MR) is 175 cm³/mol. The molecule has 0 radical (unpaired) electrons. The molecule has 0 saturated carbocycles. The molecule has 2 aromatic carbocycles. The van der Waals surface area contributed by atoms with E-state index in [-0.39, 0.29) is 23.1 Å². The molecule has 2 rings (SSSR count). The Bertz CT molecular complexity index is 613.